The second-order valence-corrected chi connectivity index (χ2v) is 7.96. The van der Waals surface area contributed by atoms with Crippen molar-refractivity contribution in [3.8, 4) is 11.5 Å². The number of Topliss-reactive ketones (excluding diaryl/α,β-unsaturated/α-hetero) is 1. The zero-order chi connectivity index (χ0) is 22.5. The lowest BCUT2D eigenvalue weighted by atomic mass is 9.99. The van der Waals surface area contributed by atoms with Crippen molar-refractivity contribution >= 4 is 28.3 Å². The van der Waals surface area contributed by atoms with Crippen molar-refractivity contribution in [1.82, 2.24) is 19.6 Å². The minimum Gasteiger partial charge on any atom is -0.493 e. The molecule has 0 amide bonds. The van der Waals surface area contributed by atoms with Crippen LogP contribution in [0.1, 0.15) is 45.4 Å². The topological polar surface area (TPSA) is 111 Å². The zero-order valence-electron chi connectivity index (χ0n) is 18.8. The lowest BCUT2D eigenvalue weighted by molar-refractivity contribution is -0.129. The van der Waals surface area contributed by atoms with Crippen molar-refractivity contribution in [1.29, 1.82) is 0 Å². The molecule has 0 bridgehead atoms. The molecular weight excluding hydrogens is 398 g/mol. The smallest absolute Gasteiger partial charge is 0.204 e. The molecule has 0 aliphatic carbocycles. The Balaban J connectivity index is 1.70. The maximum absolute atomic E-state index is 11.9. The van der Waals surface area contributed by atoms with Gasteiger partial charge in [0.1, 0.15) is 11.9 Å². The number of aryl methyl sites for hydroxylation is 1. The van der Waals surface area contributed by atoms with Crippen LogP contribution in [0.5, 0.6) is 11.5 Å². The van der Waals surface area contributed by atoms with Crippen LogP contribution in [-0.2, 0) is 4.79 Å². The van der Waals surface area contributed by atoms with E-state index in [4.69, 9.17) is 14.5 Å². The molecule has 168 valence electrons. The summed E-state index contributed by atoms with van der Waals surface area (Å²) in [5.41, 5.74) is 2.22. The van der Waals surface area contributed by atoms with E-state index >= 15 is 0 Å². The molecule has 3 aromatic rings. The molecule has 0 saturated carbocycles. The van der Waals surface area contributed by atoms with Gasteiger partial charge in [-0.05, 0) is 25.7 Å². The molecule has 3 rings (SSSR count). The molecule has 2 N–H and O–H groups in total. The van der Waals surface area contributed by atoms with E-state index < -0.39 is 6.10 Å². The van der Waals surface area contributed by atoms with Gasteiger partial charge in [-0.25, -0.2) is 4.98 Å². The maximum atomic E-state index is 11.9. The number of aromatic nitrogens is 4. The lowest BCUT2D eigenvalue weighted by Gasteiger charge is -2.13. The third kappa shape index (κ3) is 4.87. The Kier molecular flexibility index (Phi) is 7.27. The average molecular weight is 430 g/mol. The molecule has 9 heteroatoms. The van der Waals surface area contributed by atoms with Crippen LogP contribution in [-0.4, -0.2) is 57.3 Å². The van der Waals surface area contributed by atoms with Gasteiger partial charge >= 0.3 is 0 Å². The van der Waals surface area contributed by atoms with Gasteiger partial charge in [0.25, 0.3) is 0 Å². The monoisotopic (exact) mass is 429 g/mol. The number of benzene rings is 1. The van der Waals surface area contributed by atoms with Gasteiger partial charge in [0.15, 0.2) is 23.1 Å². The average Bonchev–Trinajstić information content (AvgIpc) is 3.16. The first-order valence-electron chi connectivity index (χ1n) is 10.6. The molecule has 2 aromatic heterocycles. The number of hydrogen-bond donors (Lipinski definition) is 2. The molecule has 0 unspecified atom stereocenters. The van der Waals surface area contributed by atoms with Crippen molar-refractivity contribution in [3.63, 3.8) is 0 Å². The molecule has 0 saturated heterocycles. The molecule has 0 fully saturated rings. The molecule has 1 atom stereocenters. The summed E-state index contributed by atoms with van der Waals surface area (Å²) >= 11 is 0. The molecule has 0 aliphatic heterocycles. The molecule has 0 spiro atoms. The summed E-state index contributed by atoms with van der Waals surface area (Å²) in [6, 6.07) is 3.71. The Bertz CT molecular complexity index is 1060. The van der Waals surface area contributed by atoms with Crippen molar-refractivity contribution in [2.24, 2.45) is 5.92 Å². The summed E-state index contributed by atoms with van der Waals surface area (Å²) in [6.45, 7) is 6.28. The molecule has 2 heterocycles. The summed E-state index contributed by atoms with van der Waals surface area (Å²) in [4.78, 5) is 16.6. The molecule has 1 aromatic carbocycles. The third-order valence-corrected chi connectivity index (χ3v) is 5.34. The van der Waals surface area contributed by atoms with Crippen LogP contribution in [0.15, 0.2) is 12.1 Å². The number of unbranched alkanes of at least 4 members (excludes halogenated alkanes) is 2. The molecular formula is C22H31N5O4. The number of carbonyl (C=O) groups is 1. The van der Waals surface area contributed by atoms with Gasteiger partial charge in [0.05, 0.1) is 25.3 Å². The number of rotatable bonds is 11. The van der Waals surface area contributed by atoms with E-state index in [-0.39, 0.29) is 11.7 Å². The highest BCUT2D eigenvalue weighted by Gasteiger charge is 2.18. The number of hydrogen-bond acceptors (Lipinski definition) is 8. The quantitative estimate of drug-likeness (QED) is 0.447. The van der Waals surface area contributed by atoms with Gasteiger partial charge in [-0.3, -0.25) is 9.20 Å². The van der Waals surface area contributed by atoms with Crippen molar-refractivity contribution in [3.05, 3.63) is 18.0 Å². The van der Waals surface area contributed by atoms with E-state index in [0.29, 0.717) is 35.9 Å². The van der Waals surface area contributed by atoms with Crippen LogP contribution < -0.4 is 14.8 Å². The first-order chi connectivity index (χ1) is 14.9. The first kappa shape index (κ1) is 22.7. The van der Waals surface area contributed by atoms with Crippen molar-refractivity contribution < 1.29 is 19.4 Å². The second-order valence-electron chi connectivity index (χ2n) is 7.96. The summed E-state index contributed by atoms with van der Waals surface area (Å²) < 4.78 is 12.8. The van der Waals surface area contributed by atoms with E-state index in [1.165, 1.54) is 0 Å². The fourth-order valence-electron chi connectivity index (χ4n) is 3.55. The van der Waals surface area contributed by atoms with E-state index in [1.54, 1.807) is 14.2 Å². The van der Waals surface area contributed by atoms with Crippen LogP contribution in [0, 0.1) is 12.8 Å². The largest absolute Gasteiger partial charge is 0.493 e. The van der Waals surface area contributed by atoms with Crippen LogP contribution in [0.4, 0.5) is 5.82 Å². The van der Waals surface area contributed by atoms with Gasteiger partial charge in [-0.1, -0.05) is 20.3 Å². The van der Waals surface area contributed by atoms with E-state index in [1.807, 2.05) is 37.3 Å². The summed E-state index contributed by atoms with van der Waals surface area (Å²) in [6.07, 6.45) is 2.05. The number of aliphatic hydroxyl groups excluding tert-OH is 1. The summed E-state index contributed by atoms with van der Waals surface area (Å²) in [5, 5.41) is 21.6. The zero-order valence-corrected chi connectivity index (χ0v) is 18.8. The Morgan fingerprint density at radius 1 is 1.13 bits per heavy atom. The number of ether oxygens (including phenoxy) is 2. The first-order valence-corrected chi connectivity index (χ1v) is 10.6. The highest BCUT2D eigenvalue weighted by molar-refractivity contribution is 5.86. The normalized spacial score (nSPS) is 12.5. The van der Waals surface area contributed by atoms with Gasteiger partial charge < -0.3 is 19.9 Å². The Labute approximate surface area is 181 Å². The van der Waals surface area contributed by atoms with Crippen LogP contribution >= 0.6 is 0 Å². The van der Waals surface area contributed by atoms with Crippen LogP contribution in [0.3, 0.4) is 0 Å². The fraction of sp³-hybridized carbons (Fsp3) is 0.545. The Morgan fingerprint density at radius 3 is 2.52 bits per heavy atom. The van der Waals surface area contributed by atoms with E-state index in [0.717, 1.165) is 36.1 Å². The SMILES string of the molecule is COc1cc2nc(NCCCCCC(=O)[C@@H](O)C(C)C)c3nnc(C)n3c2cc1OC. The standard InChI is InChI=1S/C22H31N5O4/c1-13(2)20(29)17(28)9-7-6-8-10-23-21-22-26-25-14(3)27(22)16-12-19(31-5)18(30-4)11-15(16)24-21/h11-13,20,29H,6-10H2,1-5H3,(H,23,24)/t20-/m0/s1. The maximum Gasteiger partial charge on any atom is 0.204 e. The highest BCUT2D eigenvalue weighted by atomic mass is 16.5. The van der Waals surface area contributed by atoms with Crippen LogP contribution in [0.2, 0.25) is 0 Å². The minimum absolute atomic E-state index is 0.0410. The summed E-state index contributed by atoms with van der Waals surface area (Å²) in [5.74, 6) is 2.49. The van der Waals surface area contributed by atoms with Gasteiger partial charge in [0.2, 0.25) is 5.65 Å². The van der Waals surface area contributed by atoms with Crippen molar-refractivity contribution in [2.75, 3.05) is 26.1 Å². The molecule has 0 radical (unpaired) electrons. The van der Waals surface area contributed by atoms with Gasteiger partial charge in [-0.15, -0.1) is 10.2 Å². The Morgan fingerprint density at radius 2 is 1.84 bits per heavy atom. The number of ketones is 1. The second kappa shape index (κ2) is 9.91. The highest BCUT2D eigenvalue weighted by Crippen LogP contribution is 2.33. The van der Waals surface area contributed by atoms with Crippen molar-refractivity contribution in [2.45, 2.75) is 52.6 Å². The Hall–Kier alpha value is -2.94. The fourth-order valence-corrected chi connectivity index (χ4v) is 3.55. The minimum atomic E-state index is -0.861. The molecule has 31 heavy (non-hydrogen) atoms. The lowest BCUT2D eigenvalue weighted by Crippen LogP contribution is -2.25. The number of methoxy groups -OCH3 is 2. The number of carbonyl (C=O) groups excluding carboxylic acids is 1. The third-order valence-electron chi connectivity index (χ3n) is 5.34. The van der Waals surface area contributed by atoms with E-state index in [2.05, 4.69) is 15.5 Å². The van der Waals surface area contributed by atoms with E-state index in [9.17, 15) is 9.90 Å². The molecule has 0 aliphatic rings. The number of anilines is 1. The number of fused-ring (bicyclic) bond motifs is 3. The molecule has 9 nitrogen and oxygen atoms in total. The van der Waals surface area contributed by atoms with Crippen LogP contribution in [0.25, 0.3) is 16.7 Å². The van der Waals surface area contributed by atoms with Gasteiger partial charge in [-0.2, -0.15) is 0 Å². The van der Waals surface area contributed by atoms with Gasteiger partial charge in [0, 0.05) is 25.1 Å². The number of aliphatic hydroxyl groups is 1. The predicted octanol–water partition coefficient (Wildman–Crippen LogP) is 3.16. The summed E-state index contributed by atoms with van der Waals surface area (Å²) in [7, 11) is 3.19. The number of nitrogens with zero attached hydrogens (tertiary/aromatic N) is 4. The predicted molar refractivity (Wildman–Crippen MR) is 119 cm³/mol. The number of nitrogens with one attached hydrogen (secondary N) is 1.